The number of likely N-dealkylation sites (tertiary alicyclic amines) is 1. The Morgan fingerprint density at radius 2 is 2.06 bits per heavy atom. The van der Waals surface area contributed by atoms with Crippen LogP contribution in [0.1, 0.15) is 32.3 Å². The second-order valence-electron chi connectivity index (χ2n) is 8.49. The highest BCUT2D eigenvalue weighted by Crippen LogP contribution is 2.34. The fraction of sp³-hybridized carbons (Fsp3) is 0.545. The number of halogens is 3. The van der Waals surface area contributed by atoms with E-state index in [9.17, 15) is 27.9 Å². The fourth-order valence-electron chi connectivity index (χ4n) is 4.18. The van der Waals surface area contributed by atoms with Crippen LogP contribution in [0.4, 0.5) is 13.2 Å². The van der Waals surface area contributed by atoms with E-state index in [0.717, 1.165) is 15.0 Å². The molecule has 3 rings (SSSR count). The van der Waals surface area contributed by atoms with Gasteiger partial charge in [-0.1, -0.05) is 32.0 Å². The van der Waals surface area contributed by atoms with E-state index >= 15 is 0 Å². The van der Waals surface area contributed by atoms with Crippen LogP contribution in [0, 0.1) is 5.92 Å². The molecule has 10 heteroatoms. The summed E-state index contributed by atoms with van der Waals surface area (Å²) in [4.78, 5) is 27.3. The van der Waals surface area contributed by atoms with Crippen LogP contribution in [0.15, 0.2) is 29.6 Å². The topological polar surface area (TPSA) is 86.9 Å². The van der Waals surface area contributed by atoms with Crippen LogP contribution in [-0.4, -0.2) is 64.3 Å². The molecule has 0 spiro atoms. The molecule has 4 atom stereocenters. The molecule has 176 valence electrons. The number of benzene rings is 1. The third-order valence-electron chi connectivity index (χ3n) is 6.05. The fourth-order valence-corrected chi connectivity index (χ4v) is 5.15. The van der Waals surface area contributed by atoms with Crippen LogP contribution >= 0.6 is 11.3 Å². The molecule has 1 saturated heterocycles. The summed E-state index contributed by atoms with van der Waals surface area (Å²) in [6.07, 6.45) is -7.62. The number of carbonyl (C=O) groups is 2. The van der Waals surface area contributed by atoms with Crippen molar-refractivity contribution in [3.8, 4) is 0 Å². The van der Waals surface area contributed by atoms with Crippen molar-refractivity contribution in [2.75, 3.05) is 6.54 Å². The Balaban J connectivity index is 1.96. The van der Waals surface area contributed by atoms with Crippen molar-refractivity contribution >= 4 is 33.7 Å². The van der Waals surface area contributed by atoms with Gasteiger partial charge in [-0.05, 0) is 47.6 Å². The van der Waals surface area contributed by atoms with Gasteiger partial charge in [-0.15, -0.1) is 11.3 Å². The summed E-state index contributed by atoms with van der Waals surface area (Å²) < 4.78 is 41.8. The van der Waals surface area contributed by atoms with E-state index in [2.05, 4.69) is 0 Å². The molecule has 2 aromatic rings. The standard InChI is InChI=1S/C22H28F3N3O3S/c1-13(2)19(26)21(31)27-9-5-8-18(27)28(12-29)16(20(30)22(23,24)25)10-14-11-32-17-7-4-3-6-15(14)17/h3-4,6-7,11-13,16,18-20,30H,5,8-10,26H2,1-2H3/t16-,18+,19-,20-/m0/s1. The molecular weight excluding hydrogens is 443 g/mol. The zero-order valence-corrected chi connectivity index (χ0v) is 18.8. The molecule has 1 aromatic heterocycles. The van der Waals surface area contributed by atoms with Crippen molar-refractivity contribution in [1.29, 1.82) is 0 Å². The van der Waals surface area contributed by atoms with Crippen LogP contribution in [0.5, 0.6) is 0 Å². The zero-order chi connectivity index (χ0) is 23.6. The summed E-state index contributed by atoms with van der Waals surface area (Å²) in [6, 6.07) is 4.88. The van der Waals surface area contributed by atoms with Crippen LogP contribution in [0.3, 0.4) is 0 Å². The van der Waals surface area contributed by atoms with Gasteiger partial charge in [0.15, 0.2) is 6.10 Å². The van der Waals surface area contributed by atoms with Crippen molar-refractivity contribution in [3.63, 3.8) is 0 Å². The first-order valence-corrected chi connectivity index (χ1v) is 11.4. The Bertz CT molecular complexity index is 949. The molecule has 1 aliphatic rings. The minimum atomic E-state index is -4.93. The normalized spacial score (nSPS) is 19.9. The van der Waals surface area contributed by atoms with Crippen molar-refractivity contribution in [3.05, 3.63) is 35.2 Å². The Kier molecular flexibility index (Phi) is 7.46. The second kappa shape index (κ2) is 9.76. The Hall–Kier alpha value is -2.17. The number of hydrogen-bond acceptors (Lipinski definition) is 5. The Morgan fingerprint density at radius 3 is 2.69 bits per heavy atom. The average molecular weight is 472 g/mol. The largest absolute Gasteiger partial charge is 0.416 e. The lowest BCUT2D eigenvalue weighted by Crippen LogP contribution is -2.60. The molecule has 6 nitrogen and oxygen atoms in total. The molecule has 0 aliphatic carbocycles. The SMILES string of the molecule is CC(C)[C@H](N)C(=O)N1CCC[C@H]1N(C=O)[C@@H](Cc1csc2ccccc12)[C@H](O)C(F)(F)F. The van der Waals surface area contributed by atoms with Crippen molar-refractivity contribution in [1.82, 2.24) is 9.80 Å². The number of aliphatic hydroxyl groups is 1. The Morgan fingerprint density at radius 1 is 1.38 bits per heavy atom. The number of alkyl halides is 3. The predicted molar refractivity (Wildman–Crippen MR) is 117 cm³/mol. The van der Waals surface area contributed by atoms with E-state index in [1.807, 2.05) is 12.1 Å². The first kappa shape index (κ1) is 24.5. The highest BCUT2D eigenvalue weighted by Gasteiger charge is 2.49. The molecule has 2 amide bonds. The highest BCUT2D eigenvalue weighted by atomic mass is 32.1. The van der Waals surface area contributed by atoms with E-state index in [0.29, 0.717) is 31.4 Å². The molecule has 3 N–H and O–H groups in total. The summed E-state index contributed by atoms with van der Waals surface area (Å²) in [5.41, 5.74) is 6.61. The van der Waals surface area contributed by atoms with E-state index < -0.39 is 36.4 Å². The molecule has 0 radical (unpaired) electrons. The molecule has 1 aromatic carbocycles. The van der Waals surface area contributed by atoms with Gasteiger partial charge in [0, 0.05) is 11.2 Å². The maximum atomic E-state index is 13.6. The number of amides is 2. The summed E-state index contributed by atoms with van der Waals surface area (Å²) in [5, 5.41) is 12.8. The first-order valence-electron chi connectivity index (χ1n) is 10.5. The number of nitrogens with two attached hydrogens (primary N) is 1. The third kappa shape index (κ3) is 4.92. The molecule has 32 heavy (non-hydrogen) atoms. The number of thiophene rings is 1. The van der Waals surface area contributed by atoms with Gasteiger partial charge in [-0.3, -0.25) is 9.59 Å². The van der Waals surface area contributed by atoms with Crippen LogP contribution in [0.25, 0.3) is 10.1 Å². The summed E-state index contributed by atoms with van der Waals surface area (Å²) >= 11 is 1.39. The number of hydrogen-bond donors (Lipinski definition) is 2. The van der Waals surface area contributed by atoms with Gasteiger partial charge in [0.1, 0.15) is 6.17 Å². The zero-order valence-electron chi connectivity index (χ0n) is 18.0. The predicted octanol–water partition coefficient (Wildman–Crippen LogP) is 3.13. The van der Waals surface area contributed by atoms with E-state index in [1.165, 1.54) is 16.2 Å². The molecule has 2 heterocycles. The lowest BCUT2D eigenvalue weighted by atomic mass is 9.98. The minimum Gasteiger partial charge on any atom is -0.382 e. The summed E-state index contributed by atoms with van der Waals surface area (Å²) in [7, 11) is 0. The van der Waals surface area contributed by atoms with E-state index in [1.54, 1.807) is 31.4 Å². The number of aliphatic hydroxyl groups excluding tert-OH is 1. The van der Waals surface area contributed by atoms with Gasteiger partial charge in [0.25, 0.3) is 0 Å². The van der Waals surface area contributed by atoms with E-state index in [4.69, 9.17) is 5.73 Å². The molecule has 0 unspecified atom stereocenters. The highest BCUT2D eigenvalue weighted by molar-refractivity contribution is 7.17. The summed E-state index contributed by atoms with van der Waals surface area (Å²) in [6.45, 7) is 3.86. The summed E-state index contributed by atoms with van der Waals surface area (Å²) in [5.74, 6) is -0.572. The van der Waals surface area contributed by atoms with Crippen molar-refractivity contribution < 1.29 is 27.9 Å². The minimum absolute atomic E-state index is 0.165. The second-order valence-corrected chi connectivity index (χ2v) is 9.40. The number of fused-ring (bicyclic) bond motifs is 1. The molecule has 1 fully saturated rings. The van der Waals surface area contributed by atoms with Crippen LogP contribution in [0.2, 0.25) is 0 Å². The Labute approximate surface area is 188 Å². The van der Waals surface area contributed by atoms with Gasteiger partial charge in [0.05, 0.1) is 12.1 Å². The van der Waals surface area contributed by atoms with Crippen LogP contribution < -0.4 is 5.73 Å². The lowest BCUT2D eigenvalue weighted by molar-refractivity contribution is -0.224. The molecule has 1 aliphatic heterocycles. The number of rotatable bonds is 8. The third-order valence-corrected chi connectivity index (χ3v) is 7.06. The first-order chi connectivity index (χ1) is 15.1. The van der Waals surface area contributed by atoms with Crippen molar-refractivity contribution in [2.45, 2.75) is 63.6 Å². The van der Waals surface area contributed by atoms with Gasteiger partial charge in [-0.2, -0.15) is 13.2 Å². The maximum absolute atomic E-state index is 13.6. The molecule has 0 saturated carbocycles. The monoisotopic (exact) mass is 471 g/mol. The maximum Gasteiger partial charge on any atom is 0.416 e. The molecular formula is C22H28F3N3O3S. The average Bonchev–Trinajstić information content (AvgIpc) is 3.39. The lowest BCUT2D eigenvalue weighted by Gasteiger charge is -2.41. The van der Waals surface area contributed by atoms with Crippen molar-refractivity contribution in [2.24, 2.45) is 11.7 Å². The van der Waals surface area contributed by atoms with Crippen LogP contribution in [-0.2, 0) is 16.0 Å². The van der Waals surface area contributed by atoms with E-state index in [-0.39, 0.29) is 12.3 Å². The number of nitrogens with zero attached hydrogens (tertiary/aromatic N) is 2. The van der Waals surface area contributed by atoms with Gasteiger partial charge >= 0.3 is 6.18 Å². The van der Waals surface area contributed by atoms with Gasteiger partial charge in [0.2, 0.25) is 12.3 Å². The molecule has 0 bridgehead atoms. The number of carbonyl (C=O) groups excluding carboxylic acids is 2. The smallest absolute Gasteiger partial charge is 0.382 e. The van der Waals surface area contributed by atoms with Gasteiger partial charge in [-0.25, -0.2) is 0 Å². The van der Waals surface area contributed by atoms with Gasteiger partial charge < -0.3 is 20.6 Å². The quantitative estimate of drug-likeness (QED) is 0.580.